The van der Waals surface area contributed by atoms with E-state index in [9.17, 15) is 19.2 Å². The molecule has 414 valence electrons. The van der Waals surface area contributed by atoms with Gasteiger partial charge in [-0.2, -0.15) is 0 Å². The van der Waals surface area contributed by atoms with Crippen molar-refractivity contribution >= 4 is 46.4 Å². The fraction of sp³-hybridized carbons (Fsp3) is 0.397. The second-order valence-corrected chi connectivity index (χ2v) is 20.3. The molecular weight excluding hydrogens is 989 g/mol. The summed E-state index contributed by atoms with van der Waals surface area (Å²) in [5.74, 6) is 5.01. The minimum atomic E-state index is -0.665. The Labute approximate surface area is 460 Å². The lowest BCUT2D eigenvalue weighted by Crippen LogP contribution is -2.20. The maximum absolute atomic E-state index is 14.6. The van der Waals surface area contributed by atoms with Gasteiger partial charge in [-0.25, -0.2) is 0 Å². The summed E-state index contributed by atoms with van der Waals surface area (Å²) in [6.07, 6.45) is 14.9. The number of benzene rings is 5. The molecule has 0 saturated heterocycles. The average Bonchev–Trinajstić information content (AvgIpc) is 3.50. The number of hydrogen-bond acceptors (Lipinski definition) is 11. The van der Waals surface area contributed by atoms with E-state index in [4.69, 9.17) is 46.0 Å². The Hall–Kier alpha value is -8.30. The van der Waals surface area contributed by atoms with Crippen LogP contribution in [-0.2, 0) is 0 Å². The summed E-state index contributed by atoms with van der Waals surface area (Å²) in [5.41, 5.74) is 2.23. The molecule has 0 bridgehead atoms. The molecule has 0 unspecified atom stereocenters. The van der Waals surface area contributed by atoms with E-state index in [0.717, 1.165) is 25.7 Å². The van der Waals surface area contributed by atoms with Crippen LogP contribution >= 0.6 is 0 Å². The van der Waals surface area contributed by atoms with E-state index in [0.29, 0.717) is 60.6 Å². The molecule has 0 atom stereocenters. The molecule has 4 amide bonds. The first-order valence-electron chi connectivity index (χ1n) is 26.7. The summed E-state index contributed by atoms with van der Waals surface area (Å²) in [6.45, 7) is 22.0. The van der Waals surface area contributed by atoms with E-state index >= 15 is 0 Å². The predicted molar refractivity (Wildman–Crippen MR) is 309 cm³/mol. The number of nitrogens with one attached hydrogen (secondary N) is 4. The predicted octanol–water partition coefficient (Wildman–Crippen LogP) is 13.2. The molecule has 4 N–H and O–H groups in total. The molecular formula is C63H76N4O11. The van der Waals surface area contributed by atoms with Crippen molar-refractivity contribution in [1.29, 1.82) is 0 Å². The van der Waals surface area contributed by atoms with Crippen molar-refractivity contribution in [2.75, 3.05) is 68.0 Å². The quantitative estimate of drug-likeness (QED) is 0.0264. The van der Waals surface area contributed by atoms with E-state index in [1.165, 1.54) is 19.2 Å². The first kappa shape index (κ1) is 60.6. The number of ether oxygens (including phenoxy) is 7. The first-order valence-corrected chi connectivity index (χ1v) is 26.7. The van der Waals surface area contributed by atoms with Gasteiger partial charge in [-0.05, 0) is 97.2 Å². The van der Waals surface area contributed by atoms with Gasteiger partial charge in [0.2, 0.25) is 0 Å². The molecule has 0 aromatic heterocycles. The van der Waals surface area contributed by atoms with Crippen molar-refractivity contribution in [3.63, 3.8) is 0 Å². The number of amides is 4. The van der Waals surface area contributed by atoms with Crippen LogP contribution in [0.2, 0.25) is 0 Å². The Morgan fingerprint density at radius 2 is 0.756 bits per heavy atom. The number of unbranched alkanes of at least 4 members (excludes halogenated alkanes) is 2. The second kappa shape index (κ2) is 29.9. The molecule has 0 aliphatic carbocycles. The summed E-state index contributed by atoms with van der Waals surface area (Å²) in [4.78, 5) is 57.7. The van der Waals surface area contributed by atoms with Gasteiger partial charge >= 0.3 is 0 Å². The van der Waals surface area contributed by atoms with Gasteiger partial charge in [0.25, 0.3) is 23.6 Å². The number of hydrogen-bond donors (Lipinski definition) is 4. The number of methoxy groups -OCH3 is 1. The molecule has 5 rings (SSSR count). The van der Waals surface area contributed by atoms with Crippen molar-refractivity contribution in [1.82, 2.24) is 0 Å². The van der Waals surface area contributed by atoms with Crippen LogP contribution in [0.3, 0.4) is 0 Å². The van der Waals surface area contributed by atoms with Crippen LogP contribution in [0.1, 0.15) is 147 Å². The fourth-order valence-corrected chi connectivity index (χ4v) is 7.39. The number of anilines is 4. The van der Waals surface area contributed by atoms with Gasteiger partial charge in [-0.15, -0.1) is 12.8 Å². The van der Waals surface area contributed by atoms with Gasteiger partial charge < -0.3 is 54.4 Å². The Morgan fingerprint density at radius 1 is 0.436 bits per heavy atom. The first-order chi connectivity index (χ1) is 37.4. The topological polar surface area (TPSA) is 181 Å². The minimum absolute atomic E-state index is 0.00141. The molecule has 0 aliphatic rings. The van der Waals surface area contributed by atoms with Crippen molar-refractivity contribution in [3.05, 3.63) is 112 Å². The summed E-state index contributed by atoms with van der Waals surface area (Å²) < 4.78 is 43.0. The highest BCUT2D eigenvalue weighted by atomic mass is 16.5. The summed E-state index contributed by atoms with van der Waals surface area (Å²) in [5, 5.41) is 11.8. The molecule has 0 fully saturated rings. The van der Waals surface area contributed by atoms with Crippen molar-refractivity contribution in [2.45, 2.75) is 94.9 Å². The average molecular weight is 1070 g/mol. The lowest BCUT2D eigenvalue weighted by molar-refractivity contribution is 0.101. The monoisotopic (exact) mass is 1060 g/mol. The molecule has 15 nitrogen and oxygen atoms in total. The largest absolute Gasteiger partial charge is 0.495 e. The maximum Gasteiger partial charge on any atom is 0.259 e. The van der Waals surface area contributed by atoms with Gasteiger partial charge in [-0.3, -0.25) is 19.2 Å². The molecule has 0 saturated carbocycles. The molecule has 15 heteroatoms. The van der Waals surface area contributed by atoms with Gasteiger partial charge in [0.1, 0.15) is 40.2 Å². The highest BCUT2D eigenvalue weighted by Gasteiger charge is 2.26. The van der Waals surface area contributed by atoms with Gasteiger partial charge in [0.15, 0.2) is 0 Å². The highest BCUT2D eigenvalue weighted by molar-refractivity contribution is 6.14. The lowest BCUT2D eigenvalue weighted by atomic mass is 10.1. The highest BCUT2D eigenvalue weighted by Crippen LogP contribution is 2.41. The normalized spacial score (nSPS) is 10.9. The van der Waals surface area contributed by atoms with Crippen LogP contribution in [0.5, 0.6) is 40.2 Å². The Kier molecular flexibility index (Phi) is 23.2. The fourth-order valence-electron chi connectivity index (χ4n) is 7.39. The zero-order valence-electron chi connectivity index (χ0n) is 47.0. The number of terminal acetylenes is 2. The Bertz CT molecular complexity index is 2770. The minimum Gasteiger partial charge on any atom is -0.495 e. The van der Waals surface area contributed by atoms with Crippen LogP contribution < -0.4 is 54.4 Å². The van der Waals surface area contributed by atoms with E-state index in [1.807, 2.05) is 69.2 Å². The molecule has 0 radical (unpaired) electrons. The molecule has 5 aromatic rings. The van der Waals surface area contributed by atoms with Gasteiger partial charge in [0.05, 0.1) is 91.8 Å². The summed E-state index contributed by atoms with van der Waals surface area (Å²) >= 11 is 0. The van der Waals surface area contributed by atoms with Crippen LogP contribution in [-0.4, -0.2) is 70.4 Å². The van der Waals surface area contributed by atoms with Crippen LogP contribution in [0.4, 0.5) is 22.7 Å². The van der Waals surface area contributed by atoms with Crippen LogP contribution in [0, 0.1) is 48.4 Å². The standard InChI is InChI=1S/C63H76N4O11/c1-14-18-27-73-53-25-23-43(16-3)29-47(53)62(70)66-51-31-49(55(75-35-39(5)6)33-57(51)77-37-41(9)10)64-60(68)45-21-20-22-46(59(45)72-13)61(69)65-50-32-52(58(78-38-42(11)12)34-56(50)76-36-40(7)8)67-63(71)48-30-44(17-4)24-26-54(48)74-28-19-15-2/h3-4,20-26,29-34,39-42H,14-15,18-19,27-28,35-38H2,1-2,5-13H3,(H,64,68)(H,65,69)(H,66,70)(H,67,71). The summed E-state index contributed by atoms with van der Waals surface area (Å²) in [7, 11) is 1.35. The lowest BCUT2D eigenvalue weighted by Gasteiger charge is -2.21. The van der Waals surface area contributed by atoms with Crippen LogP contribution in [0.25, 0.3) is 0 Å². The third-order valence-electron chi connectivity index (χ3n) is 11.4. The zero-order valence-corrected chi connectivity index (χ0v) is 47.0. The number of rotatable bonds is 29. The van der Waals surface area contributed by atoms with E-state index in [-0.39, 0.29) is 99.1 Å². The van der Waals surface area contributed by atoms with E-state index < -0.39 is 23.6 Å². The molecule has 0 heterocycles. The zero-order chi connectivity index (χ0) is 56.9. The maximum atomic E-state index is 14.6. The Morgan fingerprint density at radius 3 is 1.04 bits per heavy atom. The van der Waals surface area contributed by atoms with Gasteiger partial charge in [0, 0.05) is 23.3 Å². The molecule has 78 heavy (non-hydrogen) atoms. The third-order valence-corrected chi connectivity index (χ3v) is 11.4. The Balaban J connectivity index is 1.56. The SMILES string of the molecule is C#Cc1ccc(OCCCC)c(C(=O)Nc2cc(NC(=O)c3cccc(C(=O)Nc4cc(NC(=O)c5cc(C#C)ccc5OCCCC)c(OCC(C)C)cc4OCC(C)C)c3OC)c(OCC(C)C)cc2OCC(C)C)c1. The molecule has 0 spiro atoms. The number of carbonyl (C=O) groups excluding carboxylic acids is 4. The smallest absolute Gasteiger partial charge is 0.259 e. The molecule has 5 aromatic carbocycles. The van der Waals surface area contributed by atoms with E-state index in [2.05, 4.69) is 33.1 Å². The van der Waals surface area contributed by atoms with Crippen molar-refractivity contribution in [2.24, 2.45) is 23.7 Å². The van der Waals surface area contributed by atoms with Crippen molar-refractivity contribution < 1.29 is 52.3 Å². The van der Waals surface area contributed by atoms with E-state index in [1.54, 1.807) is 66.7 Å². The summed E-state index contributed by atoms with van der Waals surface area (Å²) in [6, 6.07) is 20.9. The van der Waals surface area contributed by atoms with Crippen LogP contribution in [0.15, 0.2) is 78.9 Å². The number of para-hydroxylation sites is 1. The number of carbonyl (C=O) groups is 4. The molecule has 0 aliphatic heterocycles. The van der Waals surface area contributed by atoms with Crippen molar-refractivity contribution in [3.8, 4) is 64.9 Å². The third kappa shape index (κ3) is 17.4. The van der Waals surface area contributed by atoms with Gasteiger partial charge in [-0.1, -0.05) is 100.0 Å². The second-order valence-electron chi connectivity index (χ2n) is 20.3.